The molecule has 0 unspecified atom stereocenters. The number of ketones is 1. The second-order valence-corrected chi connectivity index (χ2v) is 7.63. The van der Waals surface area contributed by atoms with E-state index in [1.807, 2.05) is 65.5 Å². The molecule has 150 valence electrons. The number of nitrogens with zero attached hydrogens (tertiary/aromatic N) is 3. The predicted octanol–water partition coefficient (Wildman–Crippen LogP) is 5.16. The monoisotopic (exact) mass is 398 g/mol. The molecule has 2 aromatic heterocycles. The summed E-state index contributed by atoms with van der Waals surface area (Å²) in [6, 6.07) is 17.7. The summed E-state index contributed by atoms with van der Waals surface area (Å²) < 4.78 is 7.91. The van der Waals surface area contributed by atoms with Crippen LogP contribution in [0.15, 0.2) is 67.0 Å². The first-order valence-corrected chi connectivity index (χ1v) is 10.2. The molecule has 0 saturated heterocycles. The zero-order chi connectivity index (χ0) is 20.5. The summed E-state index contributed by atoms with van der Waals surface area (Å²) in [6.07, 6.45) is 6.27. The van der Waals surface area contributed by atoms with Crippen LogP contribution in [0.1, 0.15) is 31.7 Å². The summed E-state index contributed by atoms with van der Waals surface area (Å²) in [7, 11) is 0. The van der Waals surface area contributed by atoms with E-state index in [9.17, 15) is 4.79 Å². The number of fused-ring (bicyclic) bond motifs is 1. The predicted molar refractivity (Wildman–Crippen MR) is 116 cm³/mol. The highest BCUT2D eigenvalue weighted by molar-refractivity contribution is 6.01. The number of hydrogen-bond donors (Lipinski definition) is 1. The van der Waals surface area contributed by atoms with Gasteiger partial charge in [0, 0.05) is 18.4 Å². The van der Waals surface area contributed by atoms with E-state index < -0.39 is 0 Å². The lowest BCUT2D eigenvalue weighted by atomic mass is 9.94. The molecule has 1 saturated carbocycles. The molecule has 0 atom stereocenters. The van der Waals surface area contributed by atoms with Crippen LogP contribution < -0.4 is 10.5 Å². The van der Waals surface area contributed by atoms with Gasteiger partial charge in [0.25, 0.3) is 0 Å². The molecule has 2 N–H and O–H groups in total. The van der Waals surface area contributed by atoms with Crippen molar-refractivity contribution in [2.45, 2.75) is 31.7 Å². The molecule has 4 aromatic rings. The van der Waals surface area contributed by atoms with Gasteiger partial charge in [-0.2, -0.15) is 5.10 Å². The molecule has 2 aromatic carbocycles. The Morgan fingerprint density at radius 2 is 1.63 bits per heavy atom. The third-order valence-electron chi connectivity index (χ3n) is 5.61. The number of para-hydroxylation sites is 1. The molecule has 6 nitrogen and oxygen atoms in total. The van der Waals surface area contributed by atoms with Gasteiger partial charge < -0.3 is 10.5 Å². The summed E-state index contributed by atoms with van der Waals surface area (Å²) >= 11 is 0. The van der Waals surface area contributed by atoms with Gasteiger partial charge in [-0.05, 0) is 49.2 Å². The smallest absolute Gasteiger partial charge is 0.133 e. The van der Waals surface area contributed by atoms with Crippen molar-refractivity contribution in [3.05, 3.63) is 67.0 Å². The zero-order valence-corrected chi connectivity index (χ0v) is 16.5. The fraction of sp³-hybridized carbons (Fsp3) is 0.208. The lowest BCUT2D eigenvalue weighted by Crippen LogP contribution is -2.18. The van der Waals surface area contributed by atoms with Crippen molar-refractivity contribution < 1.29 is 9.53 Å². The lowest BCUT2D eigenvalue weighted by Gasteiger charge is -2.22. The van der Waals surface area contributed by atoms with Crippen molar-refractivity contribution in [3.63, 3.8) is 0 Å². The molecule has 1 fully saturated rings. The van der Waals surface area contributed by atoms with Crippen molar-refractivity contribution in [1.82, 2.24) is 14.8 Å². The van der Waals surface area contributed by atoms with E-state index in [0.717, 1.165) is 46.5 Å². The lowest BCUT2D eigenvalue weighted by molar-refractivity contribution is -0.120. The average molecular weight is 398 g/mol. The van der Waals surface area contributed by atoms with E-state index in [1.54, 1.807) is 6.20 Å². The van der Waals surface area contributed by atoms with Crippen LogP contribution in [0.3, 0.4) is 0 Å². The van der Waals surface area contributed by atoms with Crippen LogP contribution >= 0.6 is 0 Å². The highest BCUT2D eigenvalue weighted by atomic mass is 16.5. The quantitative estimate of drug-likeness (QED) is 0.513. The topological polar surface area (TPSA) is 83.0 Å². The second kappa shape index (κ2) is 7.63. The molecule has 0 radical (unpaired) electrons. The van der Waals surface area contributed by atoms with Gasteiger partial charge in [-0.25, -0.2) is 0 Å². The fourth-order valence-electron chi connectivity index (χ4n) is 4.06. The van der Waals surface area contributed by atoms with Crippen molar-refractivity contribution in [3.8, 4) is 22.8 Å². The van der Waals surface area contributed by atoms with Crippen LogP contribution in [0.25, 0.3) is 22.2 Å². The molecule has 2 heterocycles. The van der Waals surface area contributed by atoms with Gasteiger partial charge in [0.1, 0.15) is 23.0 Å². The van der Waals surface area contributed by atoms with E-state index in [1.165, 1.54) is 0 Å². The van der Waals surface area contributed by atoms with Crippen LogP contribution in [0.5, 0.6) is 11.5 Å². The van der Waals surface area contributed by atoms with E-state index in [2.05, 4.69) is 4.98 Å². The van der Waals surface area contributed by atoms with Crippen molar-refractivity contribution in [2.75, 3.05) is 5.73 Å². The number of ether oxygens (including phenoxy) is 1. The Balaban J connectivity index is 1.51. The molecule has 1 aliphatic rings. The van der Waals surface area contributed by atoms with Crippen LogP contribution in [0.4, 0.5) is 5.69 Å². The number of benzene rings is 2. The van der Waals surface area contributed by atoms with E-state index in [-0.39, 0.29) is 6.04 Å². The molecule has 5 rings (SSSR count). The Kier molecular flexibility index (Phi) is 4.67. The van der Waals surface area contributed by atoms with E-state index in [4.69, 9.17) is 15.6 Å². The molecule has 0 spiro atoms. The number of carbonyl (C=O) groups is 1. The number of carbonyl (C=O) groups excluding carboxylic acids is 1. The fourth-order valence-corrected chi connectivity index (χ4v) is 4.06. The number of anilines is 1. The van der Waals surface area contributed by atoms with Gasteiger partial charge in [-0.1, -0.05) is 18.2 Å². The zero-order valence-electron chi connectivity index (χ0n) is 16.5. The maximum Gasteiger partial charge on any atom is 0.133 e. The number of hydrogen-bond acceptors (Lipinski definition) is 5. The van der Waals surface area contributed by atoms with Crippen LogP contribution in [-0.4, -0.2) is 20.5 Å². The minimum Gasteiger partial charge on any atom is -0.457 e. The summed E-state index contributed by atoms with van der Waals surface area (Å²) in [5.74, 6) is 1.88. The molecule has 0 aliphatic heterocycles. The first kappa shape index (κ1) is 18.4. The molecule has 0 amide bonds. The molecule has 30 heavy (non-hydrogen) atoms. The van der Waals surface area contributed by atoms with Gasteiger partial charge in [-0.3, -0.25) is 14.5 Å². The Morgan fingerprint density at radius 3 is 2.37 bits per heavy atom. The number of nitrogens with two attached hydrogens (primary N) is 1. The maximum absolute atomic E-state index is 11.7. The van der Waals surface area contributed by atoms with Crippen molar-refractivity contribution in [1.29, 1.82) is 0 Å². The number of aromatic nitrogens is 3. The molecular weight excluding hydrogens is 376 g/mol. The SMILES string of the molecule is Nc1cncc2c1c(-c1ccc(Oc3ccccc3)cc1)nn2C1CCC(=O)CC1. The van der Waals surface area contributed by atoms with Gasteiger partial charge in [0.2, 0.25) is 0 Å². The normalized spacial score (nSPS) is 14.9. The molecular formula is C24H22N4O2. The van der Waals surface area contributed by atoms with Crippen LogP contribution in [-0.2, 0) is 4.79 Å². The molecule has 6 heteroatoms. The molecule has 0 bridgehead atoms. The number of nitrogen functional groups attached to an aromatic ring is 1. The first-order chi connectivity index (χ1) is 14.7. The summed E-state index contributed by atoms with van der Waals surface area (Å²) in [4.78, 5) is 16.0. The standard InChI is InChI=1S/C24H22N4O2/c25-21-14-26-15-22-23(21)24(27-28(22)17-8-10-18(29)11-9-17)16-6-12-20(13-7-16)30-19-4-2-1-3-5-19/h1-7,12-15,17H,8-11,25H2. The highest BCUT2D eigenvalue weighted by Gasteiger charge is 2.25. The highest BCUT2D eigenvalue weighted by Crippen LogP contribution is 2.37. The van der Waals surface area contributed by atoms with Crippen LogP contribution in [0, 0.1) is 0 Å². The summed E-state index contributed by atoms with van der Waals surface area (Å²) in [6.45, 7) is 0. The Labute approximate surface area is 174 Å². The van der Waals surface area contributed by atoms with Crippen molar-refractivity contribution in [2.24, 2.45) is 0 Å². The van der Waals surface area contributed by atoms with Crippen LogP contribution in [0.2, 0.25) is 0 Å². The minimum absolute atomic E-state index is 0.184. The first-order valence-electron chi connectivity index (χ1n) is 10.2. The third-order valence-corrected chi connectivity index (χ3v) is 5.61. The second-order valence-electron chi connectivity index (χ2n) is 7.63. The largest absolute Gasteiger partial charge is 0.457 e. The number of Topliss-reactive ketones (excluding diaryl/α,β-unsaturated/α-hetero) is 1. The van der Waals surface area contributed by atoms with Gasteiger partial charge >= 0.3 is 0 Å². The maximum atomic E-state index is 11.7. The Hall–Kier alpha value is -3.67. The average Bonchev–Trinajstić information content (AvgIpc) is 3.17. The summed E-state index contributed by atoms with van der Waals surface area (Å²) in [5, 5.41) is 5.83. The Bertz CT molecular complexity index is 1190. The molecule has 1 aliphatic carbocycles. The number of rotatable bonds is 4. The van der Waals surface area contributed by atoms with Gasteiger partial charge in [-0.15, -0.1) is 0 Å². The van der Waals surface area contributed by atoms with Gasteiger partial charge in [0.15, 0.2) is 0 Å². The van der Waals surface area contributed by atoms with Crippen molar-refractivity contribution >= 4 is 22.4 Å². The number of pyridine rings is 1. The Morgan fingerprint density at radius 1 is 0.933 bits per heavy atom. The summed E-state index contributed by atoms with van der Waals surface area (Å²) in [5.41, 5.74) is 9.60. The minimum atomic E-state index is 0.184. The third kappa shape index (κ3) is 3.41. The van der Waals surface area contributed by atoms with Gasteiger partial charge in [0.05, 0.1) is 35.0 Å². The van der Waals surface area contributed by atoms with E-state index >= 15 is 0 Å². The van der Waals surface area contributed by atoms with E-state index in [0.29, 0.717) is 24.3 Å².